The predicted molar refractivity (Wildman–Crippen MR) is 92.8 cm³/mol. The lowest BCUT2D eigenvalue weighted by atomic mass is 9.81. The molecule has 0 saturated heterocycles. The smallest absolute Gasteiger partial charge is 0.223 e. The molecule has 0 aliphatic heterocycles. The van der Waals surface area contributed by atoms with Crippen molar-refractivity contribution in [3.8, 4) is 0 Å². The summed E-state index contributed by atoms with van der Waals surface area (Å²) >= 11 is 0. The van der Waals surface area contributed by atoms with Gasteiger partial charge in [0, 0.05) is 24.9 Å². The third-order valence-corrected chi connectivity index (χ3v) is 5.02. The largest absolute Gasteiger partial charge is 0.356 e. The van der Waals surface area contributed by atoms with E-state index in [1.54, 1.807) is 6.08 Å². The van der Waals surface area contributed by atoms with Gasteiger partial charge in [0.1, 0.15) is 0 Å². The van der Waals surface area contributed by atoms with E-state index in [9.17, 15) is 9.59 Å². The Morgan fingerprint density at radius 1 is 1.09 bits per heavy atom. The predicted octanol–water partition coefficient (Wildman–Crippen LogP) is 3.10. The zero-order valence-corrected chi connectivity index (χ0v) is 14.1. The zero-order chi connectivity index (χ0) is 16.5. The summed E-state index contributed by atoms with van der Waals surface area (Å²) in [6.07, 6.45) is 13.3. The van der Waals surface area contributed by atoms with Crippen molar-refractivity contribution in [3.05, 3.63) is 24.3 Å². The molecular formula is C19H30N2O2. The topological polar surface area (TPSA) is 58.2 Å². The maximum absolute atomic E-state index is 12.2. The molecule has 2 amide bonds. The van der Waals surface area contributed by atoms with Crippen molar-refractivity contribution in [1.82, 2.24) is 10.6 Å². The fraction of sp³-hybridized carbons (Fsp3) is 0.684. The second-order valence-electron chi connectivity index (χ2n) is 6.73. The minimum absolute atomic E-state index is 0.0615. The molecule has 0 spiro atoms. The first-order valence-corrected chi connectivity index (χ1v) is 9.05. The molecule has 0 unspecified atom stereocenters. The molecule has 0 atom stereocenters. The highest BCUT2D eigenvalue weighted by Crippen LogP contribution is 2.29. The molecule has 0 aromatic heterocycles. The first kappa shape index (κ1) is 17.8. The Morgan fingerprint density at radius 3 is 2.30 bits per heavy atom. The molecule has 4 nitrogen and oxygen atoms in total. The Hall–Kier alpha value is -1.58. The van der Waals surface area contributed by atoms with E-state index >= 15 is 0 Å². The van der Waals surface area contributed by atoms with Gasteiger partial charge >= 0.3 is 0 Å². The summed E-state index contributed by atoms with van der Waals surface area (Å²) in [4.78, 5) is 24.2. The van der Waals surface area contributed by atoms with Crippen LogP contribution in [0.2, 0.25) is 0 Å². The third-order valence-electron chi connectivity index (χ3n) is 5.02. The number of carbonyl (C=O) groups excluding carboxylic acids is 2. The van der Waals surface area contributed by atoms with E-state index in [1.165, 1.54) is 31.3 Å². The van der Waals surface area contributed by atoms with Gasteiger partial charge in [-0.3, -0.25) is 9.59 Å². The molecule has 2 rings (SSSR count). The number of nitrogens with one attached hydrogen (secondary N) is 2. The van der Waals surface area contributed by atoms with Gasteiger partial charge in [0.2, 0.25) is 11.8 Å². The number of hydrogen-bond acceptors (Lipinski definition) is 2. The van der Waals surface area contributed by atoms with E-state index in [4.69, 9.17) is 0 Å². The number of amides is 2. The minimum Gasteiger partial charge on any atom is -0.356 e. The first-order valence-electron chi connectivity index (χ1n) is 9.05. The van der Waals surface area contributed by atoms with Crippen molar-refractivity contribution >= 4 is 11.8 Å². The van der Waals surface area contributed by atoms with Crippen LogP contribution in [-0.2, 0) is 9.59 Å². The van der Waals surface area contributed by atoms with Crippen LogP contribution in [0.15, 0.2) is 24.3 Å². The lowest BCUT2D eigenvalue weighted by Crippen LogP contribution is -2.37. The summed E-state index contributed by atoms with van der Waals surface area (Å²) in [5.41, 5.74) is 1.50. The van der Waals surface area contributed by atoms with Gasteiger partial charge in [-0.25, -0.2) is 0 Å². The van der Waals surface area contributed by atoms with Gasteiger partial charge in [-0.2, -0.15) is 0 Å². The van der Waals surface area contributed by atoms with Crippen LogP contribution in [0.3, 0.4) is 0 Å². The summed E-state index contributed by atoms with van der Waals surface area (Å²) in [5, 5.41) is 5.94. The lowest BCUT2D eigenvalue weighted by molar-refractivity contribution is -0.130. The normalized spacial score (nSPS) is 24.4. The number of rotatable bonds is 7. The SMILES string of the molecule is C=CCNC(=O)C1CCC(C(=O)NCCC2=CCCCC2)CC1. The highest BCUT2D eigenvalue weighted by atomic mass is 16.2. The molecule has 1 fully saturated rings. The van der Waals surface area contributed by atoms with Gasteiger partial charge in [0.15, 0.2) is 0 Å². The molecule has 4 heteroatoms. The average Bonchev–Trinajstić information content (AvgIpc) is 2.60. The molecule has 2 N–H and O–H groups in total. The number of hydrogen-bond donors (Lipinski definition) is 2. The first-order chi connectivity index (χ1) is 11.2. The molecule has 2 aliphatic carbocycles. The minimum atomic E-state index is 0.0615. The van der Waals surface area contributed by atoms with Crippen LogP contribution in [-0.4, -0.2) is 24.9 Å². The molecule has 0 aromatic rings. The van der Waals surface area contributed by atoms with Gasteiger partial charge in [-0.15, -0.1) is 6.58 Å². The summed E-state index contributed by atoms with van der Waals surface area (Å²) in [6, 6.07) is 0. The van der Waals surface area contributed by atoms with E-state index in [0.717, 1.165) is 38.6 Å². The Bertz CT molecular complexity index is 448. The Labute approximate surface area is 139 Å². The monoisotopic (exact) mass is 318 g/mol. The van der Waals surface area contributed by atoms with E-state index in [0.29, 0.717) is 6.54 Å². The Kier molecular flexibility index (Phi) is 7.37. The third kappa shape index (κ3) is 5.85. The van der Waals surface area contributed by atoms with Crippen molar-refractivity contribution in [2.75, 3.05) is 13.1 Å². The van der Waals surface area contributed by atoms with E-state index in [2.05, 4.69) is 23.3 Å². The van der Waals surface area contributed by atoms with Crippen LogP contribution in [0.5, 0.6) is 0 Å². The summed E-state index contributed by atoms with van der Waals surface area (Å²) in [7, 11) is 0. The Morgan fingerprint density at radius 2 is 1.74 bits per heavy atom. The van der Waals surface area contributed by atoms with E-state index in [1.807, 2.05) is 0 Å². The lowest BCUT2D eigenvalue weighted by Gasteiger charge is -2.27. The van der Waals surface area contributed by atoms with Crippen molar-refractivity contribution < 1.29 is 9.59 Å². The highest BCUT2D eigenvalue weighted by molar-refractivity contribution is 5.81. The molecule has 0 aromatic carbocycles. The molecule has 0 radical (unpaired) electrons. The van der Waals surface area contributed by atoms with Gasteiger partial charge in [0.25, 0.3) is 0 Å². The quantitative estimate of drug-likeness (QED) is 0.709. The maximum atomic E-state index is 12.2. The molecule has 0 bridgehead atoms. The van der Waals surface area contributed by atoms with Crippen molar-refractivity contribution in [2.24, 2.45) is 11.8 Å². The zero-order valence-electron chi connectivity index (χ0n) is 14.1. The standard InChI is InChI=1S/C19H30N2O2/c1-2-13-20-18(22)16-8-10-17(11-9-16)19(23)21-14-12-15-6-4-3-5-7-15/h2,6,16-17H,1,3-5,7-14H2,(H,20,22)(H,21,23). The number of allylic oxidation sites excluding steroid dienone is 1. The molecular weight excluding hydrogens is 288 g/mol. The van der Waals surface area contributed by atoms with Crippen molar-refractivity contribution in [3.63, 3.8) is 0 Å². The molecule has 0 heterocycles. The van der Waals surface area contributed by atoms with Crippen LogP contribution in [0.4, 0.5) is 0 Å². The van der Waals surface area contributed by atoms with Crippen LogP contribution in [0.25, 0.3) is 0 Å². The van der Waals surface area contributed by atoms with Gasteiger partial charge in [-0.1, -0.05) is 17.7 Å². The summed E-state index contributed by atoms with van der Waals surface area (Å²) in [5.74, 6) is 0.421. The van der Waals surface area contributed by atoms with Crippen LogP contribution >= 0.6 is 0 Å². The maximum Gasteiger partial charge on any atom is 0.223 e. The molecule has 1 saturated carbocycles. The summed E-state index contributed by atoms with van der Waals surface area (Å²) in [6.45, 7) is 4.88. The van der Waals surface area contributed by atoms with Gasteiger partial charge in [0.05, 0.1) is 0 Å². The van der Waals surface area contributed by atoms with E-state index < -0.39 is 0 Å². The molecule has 23 heavy (non-hydrogen) atoms. The van der Waals surface area contributed by atoms with Crippen molar-refractivity contribution in [2.45, 2.75) is 57.8 Å². The second-order valence-corrected chi connectivity index (χ2v) is 6.73. The van der Waals surface area contributed by atoms with E-state index in [-0.39, 0.29) is 23.7 Å². The van der Waals surface area contributed by atoms with Crippen molar-refractivity contribution in [1.29, 1.82) is 0 Å². The molecule has 2 aliphatic rings. The molecule has 128 valence electrons. The van der Waals surface area contributed by atoms with Crippen LogP contribution < -0.4 is 10.6 Å². The average molecular weight is 318 g/mol. The highest BCUT2D eigenvalue weighted by Gasteiger charge is 2.29. The number of carbonyl (C=O) groups is 2. The fourth-order valence-electron chi connectivity index (χ4n) is 3.56. The second kappa shape index (κ2) is 9.53. The Balaban J connectivity index is 1.64. The van der Waals surface area contributed by atoms with Gasteiger partial charge in [-0.05, 0) is 57.8 Å². The van der Waals surface area contributed by atoms with Crippen LogP contribution in [0.1, 0.15) is 57.8 Å². The van der Waals surface area contributed by atoms with Crippen LogP contribution in [0, 0.1) is 11.8 Å². The fourth-order valence-corrected chi connectivity index (χ4v) is 3.56. The van der Waals surface area contributed by atoms with Gasteiger partial charge < -0.3 is 10.6 Å². The summed E-state index contributed by atoms with van der Waals surface area (Å²) < 4.78 is 0.